The van der Waals surface area contributed by atoms with Crippen LogP contribution in [0.2, 0.25) is 0 Å². The average molecular weight is 355 g/mol. The van der Waals surface area contributed by atoms with E-state index in [1.165, 1.54) is 12.8 Å². The largest absolute Gasteiger partial charge is 0.357 e. The fraction of sp³-hybridized carbons (Fsp3) is 0.421. The molecule has 1 saturated carbocycles. The summed E-state index contributed by atoms with van der Waals surface area (Å²) in [4.78, 5) is 24.8. The first-order valence-corrected chi connectivity index (χ1v) is 8.98. The number of nitrogens with one attached hydrogen (secondary N) is 3. The molecule has 1 fully saturated rings. The Morgan fingerprint density at radius 1 is 1.19 bits per heavy atom. The minimum absolute atomic E-state index is 0.271. The zero-order valence-corrected chi connectivity index (χ0v) is 15.2. The van der Waals surface area contributed by atoms with Crippen molar-refractivity contribution in [2.75, 3.05) is 12.4 Å². The summed E-state index contributed by atoms with van der Waals surface area (Å²) in [6.45, 7) is 1.91. The third-order valence-electron chi connectivity index (χ3n) is 4.69. The van der Waals surface area contributed by atoms with E-state index in [1.807, 2.05) is 48.0 Å². The van der Waals surface area contributed by atoms with Gasteiger partial charge in [0.25, 0.3) is 0 Å². The lowest BCUT2D eigenvalue weighted by atomic mass is 10.1. The molecule has 1 aliphatic rings. The van der Waals surface area contributed by atoms with Gasteiger partial charge >= 0.3 is 6.03 Å². The lowest BCUT2D eigenvalue weighted by Gasteiger charge is -2.19. The zero-order valence-electron chi connectivity index (χ0n) is 15.2. The Hall–Kier alpha value is -2.83. The van der Waals surface area contributed by atoms with E-state index in [0.717, 1.165) is 24.1 Å². The maximum Gasteiger partial charge on any atom is 0.321 e. The summed E-state index contributed by atoms with van der Waals surface area (Å²) in [5.74, 6) is 0.391. The molecule has 1 aliphatic carbocycles. The van der Waals surface area contributed by atoms with Gasteiger partial charge in [-0.1, -0.05) is 43.2 Å². The Morgan fingerprint density at radius 2 is 1.88 bits per heavy atom. The molecule has 0 saturated heterocycles. The van der Waals surface area contributed by atoms with E-state index in [0.29, 0.717) is 11.9 Å². The lowest BCUT2D eigenvalue weighted by Crippen LogP contribution is -2.41. The molecule has 2 aromatic rings. The van der Waals surface area contributed by atoms with E-state index in [4.69, 9.17) is 0 Å². The van der Waals surface area contributed by atoms with E-state index in [2.05, 4.69) is 21.0 Å². The van der Waals surface area contributed by atoms with Crippen molar-refractivity contribution in [2.24, 2.45) is 0 Å². The van der Waals surface area contributed by atoms with Crippen LogP contribution in [-0.4, -0.2) is 28.8 Å². The number of hydrogen-bond donors (Lipinski definition) is 3. The Morgan fingerprint density at radius 3 is 2.54 bits per heavy atom. The number of rotatable bonds is 5. The summed E-state index contributed by atoms with van der Waals surface area (Å²) in [6.07, 6.45) is 4.51. The highest BCUT2D eigenvalue weighted by Crippen LogP contribution is 2.31. The number of benzene rings is 1. The molecule has 1 heterocycles. The van der Waals surface area contributed by atoms with Crippen molar-refractivity contribution in [2.45, 2.75) is 44.7 Å². The van der Waals surface area contributed by atoms with Crippen molar-refractivity contribution in [3.63, 3.8) is 0 Å². The van der Waals surface area contributed by atoms with Gasteiger partial charge in [0.2, 0.25) is 5.91 Å². The van der Waals surface area contributed by atoms with Gasteiger partial charge in [0.15, 0.2) is 0 Å². The fourth-order valence-electron chi connectivity index (χ4n) is 3.41. The number of carbonyl (C=O) groups excluding carboxylic acids is 2. The van der Waals surface area contributed by atoms with Crippen LogP contribution in [0.25, 0.3) is 0 Å². The van der Waals surface area contributed by atoms with Crippen LogP contribution >= 0.6 is 0 Å². The zero-order chi connectivity index (χ0) is 18.5. The molecule has 7 nitrogen and oxygen atoms in total. The number of likely N-dealkylation sites (N-methyl/N-ethyl adjacent to an activating group) is 1. The minimum atomic E-state index is -0.759. The van der Waals surface area contributed by atoms with Crippen molar-refractivity contribution < 1.29 is 9.59 Å². The van der Waals surface area contributed by atoms with Crippen LogP contribution in [-0.2, 0) is 4.79 Å². The molecule has 0 radical (unpaired) electrons. The number of aromatic nitrogens is 2. The van der Waals surface area contributed by atoms with Crippen LogP contribution < -0.4 is 16.0 Å². The van der Waals surface area contributed by atoms with Crippen molar-refractivity contribution in [3.8, 4) is 0 Å². The first-order valence-electron chi connectivity index (χ1n) is 8.98. The van der Waals surface area contributed by atoms with E-state index in [9.17, 15) is 9.59 Å². The molecule has 7 heteroatoms. The summed E-state index contributed by atoms with van der Waals surface area (Å²) in [5.41, 5.74) is 1.58. The van der Waals surface area contributed by atoms with Gasteiger partial charge in [-0.15, -0.1) is 0 Å². The molecule has 0 bridgehead atoms. The monoisotopic (exact) mass is 355 g/mol. The molecule has 1 aromatic heterocycles. The fourth-order valence-corrected chi connectivity index (χ4v) is 3.41. The number of hydrogen-bond acceptors (Lipinski definition) is 3. The Labute approximate surface area is 153 Å². The van der Waals surface area contributed by atoms with Gasteiger partial charge in [-0.05, 0) is 25.3 Å². The van der Waals surface area contributed by atoms with Crippen molar-refractivity contribution >= 4 is 17.8 Å². The quantitative estimate of drug-likeness (QED) is 0.770. The molecular formula is C19H25N5O2. The maximum absolute atomic E-state index is 12.5. The summed E-state index contributed by atoms with van der Waals surface area (Å²) in [5, 5.41) is 12.7. The molecule has 26 heavy (non-hydrogen) atoms. The average Bonchev–Trinajstić information content (AvgIpc) is 3.29. The Kier molecular flexibility index (Phi) is 5.55. The lowest BCUT2D eigenvalue weighted by molar-refractivity contribution is -0.122. The molecule has 0 aliphatic heterocycles. The van der Waals surface area contributed by atoms with Crippen molar-refractivity contribution in [1.82, 2.24) is 20.4 Å². The minimum Gasteiger partial charge on any atom is -0.357 e. The predicted octanol–water partition coefficient (Wildman–Crippen LogP) is 2.92. The molecule has 3 amide bonds. The number of carbonyl (C=O) groups is 2. The van der Waals surface area contributed by atoms with Gasteiger partial charge in [0.05, 0.1) is 11.7 Å². The molecule has 1 aromatic carbocycles. The molecule has 0 unspecified atom stereocenters. The highest BCUT2D eigenvalue weighted by molar-refractivity contribution is 5.93. The number of urea groups is 1. The van der Waals surface area contributed by atoms with Crippen LogP contribution in [0.15, 0.2) is 36.4 Å². The summed E-state index contributed by atoms with van der Waals surface area (Å²) in [7, 11) is 1.55. The van der Waals surface area contributed by atoms with Gasteiger partial charge in [0.1, 0.15) is 11.9 Å². The SMILES string of the molecule is CNC(=O)[C@H](NC(=O)Nc1cc(C)nn1C1CCCC1)c1ccccc1. The van der Waals surface area contributed by atoms with E-state index >= 15 is 0 Å². The van der Waals surface area contributed by atoms with Crippen LogP contribution in [0.3, 0.4) is 0 Å². The molecule has 3 rings (SSSR count). The smallest absolute Gasteiger partial charge is 0.321 e. The summed E-state index contributed by atoms with van der Waals surface area (Å²) in [6, 6.07) is 10.2. The first-order chi connectivity index (χ1) is 12.6. The third kappa shape index (κ3) is 4.04. The van der Waals surface area contributed by atoms with Gasteiger partial charge in [0, 0.05) is 13.1 Å². The second-order valence-corrected chi connectivity index (χ2v) is 6.61. The highest BCUT2D eigenvalue weighted by atomic mass is 16.2. The molecule has 1 atom stereocenters. The van der Waals surface area contributed by atoms with E-state index in [1.54, 1.807) is 7.05 Å². The van der Waals surface area contributed by atoms with Crippen LogP contribution in [0, 0.1) is 6.92 Å². The first kappa shape index (κ1) is 18.0. The second kappa shape index (κ2) is 8.03. The standard InChI is InChI=1S/C19H25N5O2/c1-13-12-16(24(23-13)15-10-6-7-11-15)21-19(26)22-17(18(25)20-2)14-8-4-3-5-9-14/h3-5,8-9,12,15,17H,6-7,10-11H2,1-2H3,(H,20,25)(H2,21,22,26)/t17-/m1/s1. The number of amides is 3. The molecule has 3 N–H and O–H groups in total. The summed E-state index contributed by atoms with van der Waals surface area (Å²) < 4.78 is 1.90. The molecule has 0 spiro atoms. The predicted molar refractivity (Wildman–Crippen MR) is 99.9 cm³/mol. The van der Waals surface area contributed by atoms with E-state index in [-0.39, 0.29) is 5.91 Å². The topological polar surface area (TPSA) is 88.1 Å². The number of aryl methyl sites for hydroxylation is 1. The molecular weight excluding hydrogens is 330 g/mol. The third-order valence-corrected chi connectivity index (χ3v) is 4.69. The molecule has 138 valence electrons. The van der Waals surface area contributed by atoms with Crippen LogP contribution in [0.1, 0.15) is 49.0 Å². The van der Waals surface area contributed by atoms with Gasteiger partial charge < -0.3 is 10.6 Å². The Bertz CT molecular complexity index is 765. The second-order valence-electron chi connectivity index (χ2n) is 6.61. The van der Waals surface area contributed by atoms with E-state index < -0.39 is 12.1 Å². The van der Waals surface area contributed by atoms with Crippen molar-refractivity contribution in [3.05, 3.63) is 47.7 Å². The van der Waals surface area contributed by atoms with Gasteiger partial charge in [-0.2, -0.15) is 5.10 Å². The van der Waals surface area contributed by atoms with Gasteiger partial charge in [-0.25, -0.2) is 9.48 Å². The van der Waals surface area contributed by atoms with Crippen LogP contribution in [0.5, 0.6) is 0 Å². The normalized spacial score (nSPS) is 15.5. The van der Waals surface area contributed by atoms with Gasteiger partial charge in [-0.3, -0.25) is 10.1 Å². The Balaban J connectivity index is 1.74. The maximum atomic E-state index is 12.5. The number of anilines is 1. The van der Waals surface area contributed by atoms with Crippen LogP contribution in [0.4, 0.5) is 10.6 Å². The highest BCUT2D eigenvalue weighted by Gasteiger charge is 2.24. The number of nitrogens with zero attached hydrogens (tertiary/aromatic N) is 2. The summed E-state index contributed by atoms with van der Waals surface area (Å²) >= 11 is 0. The van der Waals surface area contributed by atoms with Crippen molar-refractivity contribution in [1.29, 1.82) is 0 Å².